The van der Waals surface area contributed by atoms with E-state index in [1.165, 1.54) is 25.7 Å². The maximum Gasteiger partial charge on any atom is 0.0888 e. The topological polar surface area (TPSA) is 39.1 Å². The van der Waals surface area contributed by atoms with Crippen LogP contribution in [-0.2, 0) is 11.8 Å². The van der Waals surface area contributed by atoms with Crippen LogP contribution in [0.25, 0.3) is 0 Å². The molecule has 1 aliphatic carbocycles. The quantitative estimate of drug-likeness (QED) is 0.813. The number of methoxy groups -OCH3 is 1. The van der Waals surface area contributed by atoms with Gasteiger partial charge in [0.25, 0.3) is 0 Å². The summed E-state index contributed by atoms with van der Waals surface area (Å²) in [5, 5.41) is 8.32. The molecule has 1 aliphatic rings. The van der Waals surface area contributed by atoms with Crippen LogP contribution in [0.5, 0.6) is 0 Å². The Morgan fingerprint density at radius 3 is 2.55 bits per heavy atom. The lowest BCUT2D eigenvalue weighted by Gasteiger charge is -2.39. The first-order valence-electron chi connectivity index (χ1n) is 8.00. The van der Waals surface area contributed by atoms with E-state index in [9.17, 15) is 0 Å². The van der Waals surface area contributed by atoms with Gasteiger partial charge in [-0.05, 0) is 31.9 Å². The Morgan fingerprint density at radius 1 is 1.35 bits per heavy atom. The second-order valence-corrected chi connectivity index (χ2v) is 5.98. The molecule has 1 heterocycles. The zero-order chi connectivity index (χ0) is 14.4. The summed E-state index contributed by atoms with van der Waals surface area (Å²) < 4.78 is 7.95. The molecule has 0 radical (unpaired) electrons. The lowest BCUT2D eigenvalue weighted by molar-refractivity contribution is -0.0551. The second kappa shape index (κ2) is 7.23. The highest BCUT2D eigenvalue weighted by molar-refractivity contribution is 5.13. The second-order valence-electron chi connectivity index (χ2n) is 5.98. The van der Waals surface area contributed by atoms with Crippen molar-refractivity contribution in [2.24, 2.45) is 7.05 Å². The molecule has 1 unspecified atom stereocenters. The van der Waals surface area contributed by atoms with Gasteiger partial charge < -0.3 is 10.1 Å². The molecule has 1 aromatic heterocycles. The highest BCUT2D eigenvalue weighted by Gasteiger charge is 2.40. The average molecular weight is 279 g/mol. The lowest BCUT2D eigenvalue weighted by atomic mass is 9.84. The maximum absolute atomic E-state index is 6.07. The van der Waals surface area contributed by atoms with Crippen LogP contribution in [0.3, 0.4) is 0 Å². The fourth-order valence-electron chi connectivity index (χ4n) is 3.37. The molecule has 0 spiro atoms. The van der Waals surface area contributed by atoms with E-state index >= 15 is 0 Å². The van der Waals surface area contributed by atoms with Crippen LogP contribution in [-0.4, -0.2) is 29.0 Å². The molecule has 1 fully saturated rings. The van der Waals surface area contributed by atoms with E-state index in [0.29, 0.717) is 0 Å². The first-order chi connectivity index (χ1) is 9.72. The number of nitrogens with zero attached hydrogens (tertiary/aromatic N) is 2. The van der Waals surface area contributed by atoms with Crippen molar-refractivity contribution in [3.05, 3.63) is 18.0 Å². The van der Waals surface area contributed by atoms with Gasteiger partial charge in [0.15, 0.2) is 0 Å². The molecule has 1 saturated carbocycles. The Balaban J connectivity index is 2.26. The predicted molar refractivity (Wildman–Crippen MR) is 81.7 cm³/mol. The van der Waals surface area contributed by atoms with Gasteiger partial charge in [0.05, 0.1) is 17.3 Å². The van der Waals surface area contributed by atoms with Crippen LogP contribution in [0.15, 0.2) is 12.3 Å². The number of aryl methyl sites for hydroxylation is 1. The van der Waals surface area contributed by atoms with E-state index in [1.54, 1.807) is 0 Å². The van der Waals surface area contributed by atoms with Gasteiger partial charge in [0, 0.05) is 20.4 Å². The van der Waals surface area contributed by atoms with Gasteiger partial charge in [-0.2, -0.15) is 5.10 Å². The molecule has 2 rings (SSSR count). The zero-order valence-electron chi connectivity index (χ0n) is 13.2. The van der Waals surface area contributed by atoms with E-state index < -0.39 is 0 Å². The minimum absolute atomic E-state index is 0.0972. The van der Waals surface area contributed by atoms with Crippen LogP contribution in [0, 0.1) is 0 Å². The summed E-state index contributed by atoms with van der Waals surface area (Å²) in [4.78, 5) is 0. The summed E-state index contributed by atoms with van der Waals surface area (Å²) in [6.45, 7) is 3.21. The Bertz CT molecular complexity index is 394. The van der Waals surface area contributed by atoms with Gasteiger partial charge in [-0.15, -0.1) is 0 Å². The number of ether oxygens (including phenoxy) is 1. The van der Waals surface area contributed by atoms with Gasteiger partial charge in [-0.25, -0.2) is 0 Å². The molecular weight excluding hydrogens is 250 g/mol. The number of nitrogens with one attached hydrogen (secondary N) is 1. The summed E-state index contributed by atoms with van der Waals surface area (Å²) >= 11 is 0. The van der Waals surface area contributed by atoms with Gasteiger partial charge >= 0.3 is 0 Å². The van der Waals surface area contributed by atoms with Crippen molar-refractivity contribution >= 4 is 0 Å². The van der Waals surface area contributed by atoms with Gasteiger partial charge in [0.2, 0.25) is 0 Å². The van der Waals surface area contributed by atoms with E-state index in [-0.39, 0.29) is 11.6 Å². The van der Waals surface area contributed by atoms with Crippen LogP contribution in [0.2, 0.25) is 0 Å². The van der Waals surface area contributed by atoms with E-state index in [4.69, 9.17) is 4.74 Å². The molecule has 4 nitrogen and oxygen atoms in total. The Hall–Kier alpha value is -0.870. The molecular formula is C16H29N3O. The van der Waals surface area contributed by atoms with Gasteiger partial charge in [0.1, 0.15) is 0 Å². The van der Waals surface area contributed by atoms with Gasteiger partial charge in [-0.1, -0.05) is 32.6 Å². The van der Waals surface area contributed by atoms with Crippen LogP contribution in [0.1, 0.15) is 63.6 Å². The predicted octanol–water partition coefficient (Wildman–Crippen LogP) is 3.20. The van der Waals surface area contributed by atoms with Crippen LogP contribution >= 0.6 is 0 Å². The highest BCUT2D eigenvalue weighted by Crippen LogP contribution is 2.39. The number of hydrogen-bond acceptors (Lipinski definition) is 3. The summed E-state index contributed by atoms with van der Waals surface area (Å²) in [5.41, 5.74) is 1.02. The molecule has 0 amide bonds. The molecule has 20 heavy (non-hydrogen) atoms. The van der Waals surface area contributed by atoms with Crippen molar-refractivity contribution < 1.29 is 4.74 Å². The van der Waals surface area contributed by atoms with E-state index in [0.717, 1.165) is 31.5 Å². The largest absolute Gasteiger partial charge is 0.376 e. The van der Waals surface area contributed by atoms with E-state index in [2.05, 4.69) is 23.4 Å². The first-order valence-corrected chi connectivity index (χ1v) is 8.00. The van der Waals surface area contributed by atoms with Crippen LogP contribution < -0.4 is 5.32 Å². The SMILES string of the molecule is CCCNC(c1ccn(C)n1)C1(OC)CCCCCC1. The van der Waals surface area contributed by atoms with Crippen molar-refractivity contribution in [1.82, 2.24) is 15.1 Å². The summed E-state index contributed by atoms with van der Waals surface area (Å²) in [7, 11) is 3.85. The number of aromatic nitrogens is 2. The summed E-state index contributed by atoms with van der Waals surface area (Å²) in [6, 6.07) is 2.32. The van der Waals surface area contributed by atoms with E-state index in [1.807, 2.05) is 25.0 Å². The third kappa shape index (κ3) is 3.41. The highest BCUT2D eigenvalue weighted by atomic mass is 16.5. The monoisotopic (exact) mass is 279 g/mol. The third-order valence-corrected chi connectivity index (χ3v) is 4.51. The molecule has 114 valence electrons. The lowest BCUT2D eigenvalue weighted by Crippen LogP contribution is -2.46. The smallest absolute Gasteiger partial charge is 0.0888 e. The standard InChI is InChI=1S/C16H29N3O/c1-4-12-17-15(14-9-13-19(2)18-14)16(20-3)10-7-5-6-8-11-16/h9,13,15,17H,4-8,10-12H2,1-3H3. The molecule has 1 N–H and O–H groups in total. The summed E-state index contributed by atoms with van der Waals surface area (Å²) in [6.07, 6.45) is 10.6. The van der Waals surface area contributed by atoms with Crippen molar-refractivity contribution in [2.75, 3.05) is 13.7 Å². The minimum atomic E-state index is -0.0972. The molecule has 4 heteroatoms. The van der Waals surface area contributed by atoms with Crippen molar-refractivity contribution in [3.63, 3.8) is 0 Å². The van der Waals surface area contributed by atoms with Gasteiger partial charge in [-0.3, -0.25) is 4.68 Å². The Morgan fingerprint density at radius 2 is 2.05 bits per heavy atom. The summed E-state index contributed by atoms with van der Waals surface area (Å²) in [5.74, 6) is 0. The minimum Gasteiger partial charge on any atom is -0.376 e. The van der Waals surface area contributed by atoms with Crippen molar-refractivity contribution in [2.45, 2.75) is 63.5 Å². The average Bonchev–Trinajstić information content (AvgIpc) is 2.75. The number of hydrogen-bond donors (Lipinski definition) is 1. The number of rotatable bonds is 6. The Kier molecular flexibility index (Phi) is 5.61. The normalized spacial score (nSPS) is 20.6. The van der Waals surface area contributed by atoms with Crippen molar-refractivity contribution in [1.29, 1.82) is 0 Å². The van der Waals surface area contributed by atoms with Crippen molar-refractivity contribution in [3.8, 4) is 0 Å². The fraction of sp³-hybridized carbons (Fsp3) is 0.812. The maximum atomic E-state index is 6.07. The molecule has 1 atom stereocenters. The molecule has 0 aromatic carbocycles. The fourth-order valence-corrected chi connectivity index (χ4v) is 3.37. The Labute approximate surface area is 122 Å². The molecule has 0 bridgehead atoms. The first kappa shape index (κ1) is 15.5. The third-order valence-electron chi connectivity index (χ3n) is 4.51. The zero-order valence-corrected chi connectivity index (χ0v) is 13.2. The molecule has 0 saturated heterocycles. The van der Waals surface area contributed by atoms with Crippen LogP contribution in [0.4, 0.5) is 0 Å². The molecule has 1 aromatic rings. The molecule has 0 aliphatic heterocycles.